The van der Waals surface area contributed by atoms with Crippen LogP contribution in [-0.4, -0.2) is 13.2 Å². The maximum absolute atomic E-state index is 13.2. The summed E-state index contributed by atoms with van der Waals surface area (Å²) in [6.07, 6.45) is 1.53. The molecule has 0 unspecified atom stereocenters. The van der Waals surface area contributed by atoms with Gasteiger partial charge in [0.05, 0.1) is 11.6 Å². The van der Waals surface area contributed by atoms with Crippen LogP contribution < -0.4 is 14.9 Å². The van der Waals surface area contributed by atoms with Gasteiger partial charge in [0.1, 0.15) is 24.5 Å². The van der Waals surface area contributed by atoms with Gasteiger partial charge in [-0.1, -0.05) is 23.8 Å². The maximum Gasteiger partial charge on any atom is 0.235 e. The Morgan fingerprint density at radius 3 is 2.38 bits per heavy atom. The van der Waals surface area contributed by atoms with E-state index in [9.17, 15) is 4.79 Å². The summed E-state index contributed by atoms with van der Waals surface area (Å²) in [5.74, 6) is 1.61. The van der Waals surface area contributed by atoms with E-state index in [2.05, 4.69) is 0 Å². The van der Waals surface area contributed by atoms with E-state index in [0.29, 0.717) is 23.3 Å². The fourth-order valence-corrected chi connectivity index (χ4v) is 3.27. The fraction of sp³-hybridized carbons (Fsp3) is 0.208. The molecule has 4 aromatic rings. The molecule has 0 saturated heterocycles. The monoisotopic (exact) mass is 390 g/mol. The van der Waals surface area contributed by atoms with Crippen molar-refractivity contribution in [1.29, 1.82) is 0 Å². The van der Waals surface area contributed by atoms with Gasteiger partial charge in [-0.25, -0.2) is 0 Å². The average molecular weight is 390 g/mol. The summed E-state index contributed by atoms with van der Waals surface area (Å²) in [4.78, 5) is 13.2. The Kier molecular flexibility index (Phi) is 5.12. The van der Waals surface area contributed by atoms with E-state index < -0.39 is 0 Å². The molecule has 4 rings (SSSR count). The molecule has 0 fully saturated rings. The topological polar surface area (TPSA) is 61.8 Å². The lowest BCUT2D eigenvalue weighted by atomic mass is 10.1. The minimum atomic E-state index is -0.222. The van der Waals surface area contributed by atoms with Crippen LogP contribution in [0.4, 0.5) is 0 Å². The predicted molar refractivity (Wildman–Crippen MR) is 112 cm³/mol. The van der Waals surface area contributed by atoms with Crippen molar-refractivity contribution in [3.63, 3.8) is 0 Å². The fourth-order valence-electron chi connectivity index (χ4n) is 3.27. The average Bonchev–Trinajstić information content (AvgIpc) is 3.23. The van der Waals surface area contributed by atoms with Crippen molar-refractivity contribution < 1.29 is 18.3 Å². The lowest BCUT2D eigenvalue weighted by molar-refractivity contribution is 0.214. The van der Waals surface area contributed by atoms with Crippen LogP contribution in [0.25, 0.3) is 22.5 Å². The SMILES string of the molecule is Cc1ccc(OCCOc2c(-c3ccco3)oc3c(C)cc(C)cc3c2=O)cc1. The second kappa shape index (κ2) is 7.87. The van der Waals surface area contributed by atoms with Crippen LogP contribution in [0.15, 0.2) is 68.4 Å². The van der Waals surface area contributed by atoms with E-state index in [1.54, 1.807) is 12.1 Å². The first kappa shape index (κ1) is 18.9. The Bertz CT molecular complexity index is 1180. The maximum atomic E-state index is 13.2. The van der Waals surface area contributed by atoms with Crippen LogP contribution in [0.2, 0.25) is 0 Å². The lowest BCUT2D eigenvalue weighted by Crippen LogP contribution is -2.15. The summed E-state index contributed by atoms with van der Waals surface area (Å²) >= 11 is 0. The third kappa shape index (κ3) is 3.90. The Morgan fingerprint density at radius 1 is 0.897 bits per heavy atom. The number of furan rings is 1. The predicted octanol–water partition coefficient (Wildman–Crippen LogP) is 5.44. The number of hydrogen-bond acceptors (Lipinski definition) is 5. The van der Waals surface area contributed by atoms with E-state index in [1.165, 1.54) is 6.26 Å². The molecule has 0 aliphatic rings. The number of aryl methyl sites for hydroxylation is 3. The van der Waals surface area contributed by atoms with Crippen LogP contribution >= 0.6 is 0 Å². The largest absolute Gasteiger partial charge is 0.490 e. The van der Waals surface area contributed by atoms with Crippen LogP contribution in [0.3, 0.4) is 0 Å². The zero-order valence-corrected chi connectivity index (χ0v) is 16.7. The highest BCUT2D eigenvalue weighted by Crippen LogP contribution is 2.32. The van der Waals surface area contributed by atoms with Gasteiger partial charge in [-0.15, -0.1) is 0 Å². The molecule has 0 aliphatic heterocycles. The first-order chi connectivity index (χ1) is 14.0. The number of rotatable bonds is 6. The second-order valence-corrected chi connectivity index (χ2v) is 7.04. The Labute approximate surface area is 168 Å². The summed E-state index contributed by atoms with van der Waals surface area (Å²) in [5.41, 5.74) is 3.35. The zero-order chi connectivity index (χ0) is 20.4. The summed E-state index contributed by atoms with van der Waals surface area (Å²) in [7, 11) is 0. The van der Waals surface area contributed by atoms with Gasteiger partial charge < -0.3 is 18.3 Å². The lowest BCUT2D eigenvalue weighted by Gasteiger charge is -2.12. The quantitative estimate of drug-likeness (QED) is 0.411. The molecule has 0 saturated carbocycles. The van der Waals surface area contributed by atoms with Crippen LogP contribution in [0.5, 0.6) is 11.5 Å². The molecule has 0 amide bonds. The van der Waals surface area contributed by atoms with Crippen molar-refractivity contribution in [1.82, 2.24) is 0 Å². The smallest absolute Gasteiger partial charge is 0.235 e. The van der Waals surface area contributed by atoms with Crippen LogP contribution in [0, 0.1) is 20.8 Å². The molecule has 0 spiro atoms. The molecule has 5 heteroatoms. The van der Waals surface area contributed by atoms with Crippen LogP contribution in [0.1, 0.15) is 16.7 Å². The summed E-state index contributed by atoms with van der Waals surface area (Å²) in [6.45, 7) is 6.38. The second-order valence-electron chi connectivity index (χ2n) is 7.04. The van der Waals surface area contributed by atoms with Gasteiger partial charge in [-0.3, -0.25) is 4.79 Å². The van der Waals surface area contributed by atoms with Crippen LogP contribution in [-0.2, 0) is 0 Å². The molecule has 29 heavy (non-hydrogen) atoms. The molecule has 2 heterocycles. The van der Waals surface area contributed by atoms with E-state index in [1.807, 2.05) is 57.2 Å². The molecule has 148 valence electrons. The summed E-state index contributed by atoms with van der Waals surface area (Å²) in [6, 6.07) is 15.0. The molecule has 0 radical (unpaired) electrons. The van der Waals surface area contributed by atoms with Gasteiger partial charge in [-0.2, -0.15) is 0 Å². The minimum Gasteiger partial charge on any atom is -0.490 e. The van der Waals surface area contributed by atoms with Crippen molar-refractivity contribution in [2.45, 2.75) is 20.8 Å². The van der Waals surface area contributed by atoms with E-state index in [0.717, 1.165) is 22.4 Å². The van der Waals surface area contributed by atoms with Crippen molar-refractivity contribution in [3.8, 4) is 23.0 Å². The highest BCUT2D eigenvalue weighted by atomic mass is 16.5. The molecule has 0 N–H and O–H groups in total. The molecule has 2 aromatic carbocycles. The first-order valence-corrected chi connectivity index (χ1v) is 9.47. The van der Waals surface area contributed by atoms with Crippen molar-refractivity contribution in [2.24, 2.45) is 0 Å². The number of hydrogen-bond donors (Lipinski definition) is 0. The van der Waals surface area contributed by atoms with Crippen molar-refractivity contribution in [2.75, 3.05) is 13.2 Å². The van der Waals surface area contributed by atoms with Gasteiger partial charge in [-0.05, 0) is 62.2 Å². The zero-order valence-electron chi connectivity index (χ0n) is 16.7. The van der Waals surface area contributed by atoms with Gasteiger partial charge in [0.2, 0.25) is 16.9 Å². The first-order valence-electron chi connectivity index (χ1n) is 9.47. The number of benzene rings is 2. The highest BCUT2D eigenvalue weighted by molar-refractivity contribution is 5.84. The molecule has 2 aromatic heterocycles. The number of ether oxygens (including phenoxy) is 2. The minimum absolute atomic E-state index is 0.130. The Balaban J connectivity index is 1.64. The molecule has 0 atom stereocenters. The van der Waals surface area contributed by atoms with Crippen molar-refractivity contribution >= 4 is 11.0 Å². The van der Waals surface area contributed by atoms with Crippen molar-refractivity contribution in [3.05, 3.63) is 81.7 Å². The van der Waals surface area contributed by atoms with Gasteiger partial charge in [0.25, 0.3) is 0 Å². The molecular weight excluding hydrogens is 368 g/mol. The molecular formula is C24H22O5. The Hall–Kier alpha value is -3.47. The van der Waals surface area contributed by atoms with Gasteiger partial charge >= 0.3 is 0 Å². The highest BCUT2D eigenvalue weighted by Gasteiger charge is 2.20. The molecule has 5 nitrogen and oxygen atoms in total. The van der Waals surface area contributed by atoms with E-state index >= 15 is 0 Å². The summed E-state index contributed by atoms with van der Waals surface area (Å²) in [5, 5.41) is 0.493. The van der Waals surface area contributed by atoms with Gasteiger partial charge in [0, 0.05) is 0 Å². The van der Waals surface area contributed by atoms with E-state index in [-0.39, 0.29) is 23.5 Å². The third-order valence-electron chi connectivity index (χ3n) is 4.64. The third-order valence-corrected chi connectivity index (χ3v) is 4.64. The van der Waals surface area contributed by atoms with Gasteiger partial charge in [0.15, 0.2) is 5.76 Å². The standard InChI is InChI=1S/C24H22O5/c1-15-6-8-18(9-7-15)26-11-12-28-24-21(25)19-14-16(2)13-17(3)22(19)29-23(24)20-5-4-10-27-20/h4-10,13-14H,11-12H2,1-3H3. The molecule has 0 bridgehead atoms. The summed E-state index contributed by atoms with van der Waals surface area (Å²) < 4.78 is 23.1. The normalized spacial score (nSPS) is 11.0. The number of fused-ring (bicyclic) bond motifs is 1. The molecule has 0 aliphatic carbocycles. The van der Waals surface area contributed by atoms with E-state index in [4.69, 9.17) is 18.3 Å². The Morgan fingerprint density at radius 2 is 1.66 bits per heavy atom.